The largest absolute Gasteiger partial charge is 0.486 e. The molecular formula is C20H30N2O2. The number of hydrogen-bond acceptors (Lipinski definition) is 3. The van der Waals surface area contributed by atoms with Crippen LogP contribution in [0.25, 0.3) is 0 Å². The summed E-state index contributed by atoms with van der Waals surface area (Å²) in [6.07, 6.45) is 4.05. The number of likely N-dealkylation sites (N-methyl/N-ethyl adjacent to an activating group) is 1. The lowest BCUT2D eigenvalue weighted by Crippen LogP contribution is -2.51. The van der Waals surface area contributed by atoms with E-state index in [9.17, 15) is 4.79 Å². The highest BCUT2D eigenvalue weighted by molar-refractivity contribution is 5.78. The van der Waals surface area contributed by atoms with Crippen molar-refractivity contribution in [3.05, 3.63) is 29.8 Å². The average molecular weight is 330 g/mol. The molecule has 0 bridgehead atoms. The minimum atomic E-state index is -0.112. The summed E-state index contributed by atoms with van der Waals surface area (Å²) in [6, 6.07) is 8.73. The van der Waals surface area contributed by atoms with Crippen molar-refractivity contribution in [2.45, 2.75) is 57.7 Å². The van der Waals surface area contributed by atoms with Gasteiger partial charge in [0.25, 0.3) is 0 Å². The number of rotatable bonds is 2. The Bertz CT molecular complexity index is 591. The van der Waals surface area contributed by atoms with Crippen LogP contribution in [0.2, 0.25) is 0 Å². The quantitative estimate of drug-likeness (QED) is 0.834. The zero-order chi connectivity index (χ0) is 17.3. The molecule has 1 amide bonds. The second kappa shape index (κ2) is 6.75. The van der Waals surface area contributed by atoms with Gasteiger partial charge < -0.3 is 9.64 Å². The van der Waals surface area contributed by atoms with Crippen LogP contribution in [0.3, 0.4) is 0 Å². The Kier molecular flexibility index (Phi) is 4.86. The van der Waals surface area contributed by atoms with E-state index in [0.717, 1.165) is 44.5 Å². The lowest BCUT2D eigenvalue weighted by molar-refractivity contribution is -0.137. The smallest absolute Gasteiger partial charge is 0.225 e. The average Bonchev–Trinajstić information content (AvgIpc) is 2.69. The molecule has 1 aliphatic carbocycles. The van der Waals surface area contributed by atoms with E-state index in [1.54, 1.807) is 0 Å². The Morgan fingerprint density at radius 1 is 1.29 bits per heavy atom. The summed E-state index contributed by atoms with van der Waals surface area (Å²) < 4.78 is 6.55. The highest BCUT2D eigenvalue weighted by Gasteiger charge is 2.41. The summed E-state index contributed by atoms with van der Waals surface area (Å²) in [6.45, 7) is 5.84. The zero-order valence-electron chi connectivity index (χ0n) is 15.4. The first-order valence-electron chi connectivity index (χ1n) is 9.12. The van der Waals surface area contributed by atoms with Gasteiger partial charge in [-0.2, -0.15) is 0 Å². The van der Waals surface area contributed by atoms with Crippen LogP contribution in [0, 0.1) is 5.92 Å². The molecule has 1 aromatic carbocycles. The van der Waals surface area contributed by atoms with Crippen LogP contribution in [-0.2, 0) is 11.3 Å². The summed E-state index contributed by atoms with van der Waals surface area (Å²) in [5.74, 6) is 1.35. The summed E-state index contributed by atoms with van der Waals surface area (Å²) in [5, 5.41) is 0. The molecule has 0 aromatic heterocycles. The first-order valence-corrected chi connectivity index (χ1v) is 9.12. The lowest BCUT2D eigenvalue weighted by Gasteiger charge is -2.43. The first-order chi connectivity index (χ1) is 11.4. The Labute approximate surface area is 145 Å². The molecule has 132 valence electrons. The van der Waals surface area contributed by atoms with Crippen molar-refractivity contribution in [3.8, 4) is 5.75 Å². The van der Waals surface area contributed by atoms with Gasteiger partial charge in [-0.3, -0.25) is 9.69 Å². The maximum Gasteiger partial charge on any atom is 0.225 e. The molecule has 0 saturated heterocycles. The number of fused-ring (bicyclic) bond motifs is 1. The van der Waals surface area contributed by atoms with Gasteiger partial charge in [0.2, 0.25) is 5.91 Å². The van der Waals surface area contributed by atoms with Gasteiger partial charge in [-0.1, -0.05) is 32.0 Å². The maximum absolute atomic E-state index is 12.3. The second-order valence-electron chi connectivity index (χ2n) is 7.90. The summed E-state index contributed by atoms with van der Waals surface area (Å²) in [5.41, 5.74) is 1.16. The molecule has 4 heteroatoms. The molecule has 1 heterocycles. The molecule has 0 N–H and O–H groups in total. The fourth-order valence-electron chi connectivity index (χ4n) is 4.20. The highest BCUT2D eigenvalue weighted by Crippen LogP contribution is 2.39. The maximum atomic E-state index is 12.3. The van der Waals surface area contributed by atoms with Gasteiger partial charge in [0.15, 0.2) is 0 Å². The van der Waals surface area contributed by atoms with Crippen molar-refractivity contribution in [2.24, 2.45) is 5.92 Å². The standard InChI is InChI=1S/C20H30N2O2/c1-15(2)19(23)22(4)17-9-11-20(12-10-17)14-21(3)13-16-7-5-6-8-18(16)24-20/h5-8,15,17H,9-14H2,1-4H3. The van der Waals surface area contributed by atoms with E-state index in [2.05, 4.69) is 36.2 Å². The van der Waals surface area contributed by atoms with Crippen LogP contribution in [0.5, 0.6) is 5.75 Å². The van der Waals surface area contributed by atoms with Gasteiger partial charge in [0, 0.05) is 37.7 Å². The Balaban J connectivity index is 1.72. The van der Waals surface area contributed by atoms with Crippen LogP contribution in [-0.4, -0.2) is 48.0 Å². The molecule has 2 aliphatic rings. The second-order valence-corrected chi connectivity index (χ2v) is 7.90. The van der Waals surface area contributed by atoms with Crippen molar-refractivity contribution in [2.75, 3.05) is 20.6 Å². The van der Waals surface area contributed by atoms with E-state index in [1.165, 1.54) is 5.56 Å². The minimum Gasteiger partial charge on any atom is -0.486 e. The molecule has 1 aliphatic heterocycles. The van der Waals surface area contributed by atoms with Crippen LogP contribution in [0.1, 0.15) is 45.1 Å². The fraction of sp³-hybridized carbons (Fsp3) is 0.650. The van der Waals surface area contributed by atoms with Crippen LogP contribution < -0.4 is 4.74 Å². The predicted molar refractivity (Wildman–Crippen MR) is 96.0 cm³/mol. The number of benzene rings is 1. The number of para-hydroxylation sites is 1. The molecule has 1 fully saturated rings. The summed E-state index contributed by atoms with van der Waals surface area (Å²) >= 11 is 0. The van der Waals surface area contributed by atoms with E-state index >= 15 is 0 Å². The summed E-state index contributed by atoms with van der Waals surface area (Å²) in [7, 11) is 4.13. The number of hydrogen-bond donors (Lipinski definition) is 0. The van der Waals surface area contributed by atoms with Crippen molar-refractivity contribution >= 4 is 5.91 Å². The van der Waals surface area contributed by atoms with Crippen molar-refractivity contribution in [1.29, 1.82) is 0 Å². The fourth-order valence-corrected chi connectivity index (χ4v) is 4.20. The van der Waals surface area contributed by atoms with Gasteiger partial charge in [-0.15, -0.1) is 0 Å². The molecule has 3 rings (SSSR count). The van der Waals surface area contributed by atoms with E-state index in [0.29, 0.717) is 6.04 Å². The SMILES string of the molecule is CC(C)C(=O)N(C)C1CCC2(CC1)CN(C)Cc1ccccc1O2. The highest BCUT2D eigenvalue weighted by atomic mass is 16.5. The number of amides is 1. The Morgan fingerprint density at radius 2 is 1.96 bits per heavy atom. The third-order valence-corrected chi connectivity index (χ3v) is 5.55. The monoisotopic (exact) mass is 330 g/mol. The normalized spacial score (nSPS) is 27.5. The lowest BCUT2D eigenvalue weighted by atomic mass is 9.81. The third-order valence-electron chi connectivity index (χ3n) is 5.55. The van der Waals surface area contributed by atoms with Crippen LogP contribution in [0.15, 0.2) is 24.3 Å². The number of carbonyl (C=O) groups excluding carboxylic acids is 1. The third kappa shape index (κ3) is 3.44. The Hall–Kier alpha value is -1.55. The van der Waals surface area contributed by atoms with Crippen molar-refractivity contribution < 1.29 is 9.53 Å². The topological polar surface area (TPSA) is 32.8 Å². The molecule has 0 atom stereocenters. The molecule has 1 aromatic rings. The molecule has 1 spiro atoms. The summed E-state index contributed by atoms with van der Waals surface area (Å²) in [4.78, 5) is 16.6. The zero-order valence-corrected chi connectivity index (χ0v) is 15.4. The van der Waals surface area contributed by atoms with Gasteiger partial charge in [0.1, 0.15) is 11.4 Å². The minimum absolute atomic E-state index is 0.0676. The van der Waals surface area contributed by atoms with Gasteiger partial charge >= 0.3 is 0 Å². The molecule has 0 unspecified atom stereocenters. The number of carbonyl (C=O) groups is 1. The predicted octanol–water partition coefficient (Wildman–Crippen LogP) is 3.31. The van der Waals surface area contributed by atoms with Crippen molar-refractivity contribution in [1.82, 2.24) is 9.80 Å². The Morgan fingerprint density at radius 3 is 2.62 bits per heavy atom. The van der Waals surface area contributed by atoms with E-state index in [-0.39, 0.29) is 17.4 Å². The molecule has 24 heavy (non-hydrogen) atoms. The van der Waals surface area contributed by atoms with Gasteiger partial charge in [-0.25, -0.2) is 0 Å². The van der Waals surface area contributed by atoms with Gasteiger partial charge in [-0.05, 0) is 38.8 Å². The van der Waals surface area contributed by atoms with Gasteiger partial charge in [0.05, 0.1) is 0 Å². The van der Waals surface area contributed by atoms with E-state index in [1.807, 2.05) is 25.8 Å². The molecule has 4 nitrogen and oxygen atoms in total. The molecule has 0 radical (unpaired) electrons. The van der Waals surface area contributed by atoms with E-state index < -0.39 is 0 Å². The molecular weight excluding hydrogens is 300 g/mol. The van der Waals surface area contributed by atoms with Crippen LogP contribution in [0.4, 0.5) is 0 Å². The van der Waals surface area contributed by atoms with E-state index in [4.69, 9.17) is 4.74 Å². The first kappa shape index (κ1) is 17.3. The van der Waals surface area contributed by atoms with Crippen LogP contribution >= 0.6 is 0 Å². The molecule has 1 saturated carbocycles. The van der Waals surface area contributed by atoms with Crippen molar-refractivity contribution in [3.63, 3.8) is 0 Å². The number of ether oxygens (including phenoxy) is 1. The number of nitrogens with zero attached hydrogens (tertiary/aromatic N) is 2.